The van der Waals surface area contributed by atoms with Crippen LogP contribution in [0.2, 0.25) is 0 Å². The second-order valence-electron chi connectivity index (χ2n) is 8.94. The largest absolute Gasteiger partial charge is 0.416 e. The van der Waals surface area contributed by atoms with Gasteiger partial charge < -0.3 is 20.3 Å². The number of carbonyl (C=O) groups excluding carboxylic acids is 1. The number of halogens is 3. The summed E-state index contributed by atoms with van der Waals surface area (Å²) < 4.78 is 44.0. The van der Waals surface area contributed by atoms with E-state index in [1.54, 1.807) is 11.7 Å². The molecule has 3 N–H and O–H groups in total. The number of aliphatic hydroxyl groups is 1. The van der Waals surface area contributed by atoms with Gasteiger partial charge in [0.05, 0.1) is 33.9 Å². The first kappa shape index (κ1) is 23.1. The van der Waals surface area contributed by atoms with E-state index in [-0.39, 0.29) is 35.3 Å². The normalized spacial score (nSPS) is 24.2. The number of hydrogen-bond acceptors (Lipinski definition) is 8. The van der Waals surface area contributed by atoms with Crippen LogP contribution in [0.25, 0.3) is 11.0 Å². The predicted octanol–water partition coefficient (Wildman–Crippen LogP) is 3.35. The highest BCUT2D eigenvalue weighted by Crippen LogP contribution is 2.40. The second kappa shape index (κ2) is 8.82. The first-order valence-corrected chi connectivity index (χ1v) is 11.9. The Morgan fingerprint density at radius 3 is 2.74 bits per heavy atom. The first-order valence-electron chi connectivity index (χ1n) is 11.1. The highest BCUT2D eigenvalue weighted by atomic mass is 32.1. The van der Waals surface area contributed by atoms with Crippen LogP contribution in [0.5, 0.6) is 0 Å². The van der Waals surface area contributed by atoms with Crippen LogP contribution in [-0.4, -0.2) is 57.8 Å². The topological polar surface area (TPSA) is 104 Å². The lowest BCUT2D eigenvalue weighted by Gasteiger charge is -2.48. The summed E-state index contributed by atoms with van der Waals surface area (Å²) in [5, 5.41) is 20.5. The predicted molar refractivity (Wildman–Crippen MR) is 119 cm³/mol. The molecule has 2 aromatic heterocycles. The highest BCUT2D eigenvalue weighted by molar-refractivity contribution is 7.09. The van der Waals surface area contributed by atoms with E-state index in [1.807, 2.05) is 0 Å². The lowest BCUT2D eigenvalue weighted by atomic mass is 9.80. The standard InChI is InChI=1S/C22H24F3N5O3S/c23-22(24,25)13-1-2-17-16(7-13)20(29-33-17)27-9-19(31)28-14-10-30(11-14)15-3-5-21(32,6-4-15)18-8-26-12-34-18/h1-2,7-8,12,14-15,32H,3-6,9-11H2,(H,27,29)(H,28,31). The van der Waals surface area contributed by atoms with Crippen LogP contribution in [0.1, 0.15) is 36.1 Å². The maximum absolute atomic E-state index is 13.0. The number of aromatic nitrogens is 2. The van der Waals surface area contributed by atoms with Crippen molar-refractivity contribution < 1.29 is 27.6 Å². The van der Waals surface area contributed by atoms with Gasteiger partial charge in [-0.15, -0.1) is 11.3 Å². The van der Waals surface area contributed by atoms with Gasteiger partial charge in [0.15, 0.2) is 11.4 Å². The summed E-state index contributed by atoms with van der Waals surface area (Å²) >= 11 is 1.48. The van der Waals surface area contributed by atoms with Crippen molar-refractivity contribution in [3.63, 3.8) is 0 Å². The summed E-state index contributed by atoms with van der Waals surface area (Å²) in [5.74, 6) is -0.168. The fraction of sp³-hybridized carbons (Fsp3) is 0.500. The van der Waals surface area contributed by atoms with Crippen LogP contribution in [0.4, 0.5) is 19.0 Å². The lowest BCUT2D eigenvalue weighted by Crippen LogP contribution is -2.63. The van der Waals surface area contributed by atoms with E-state index in [0.717, 1.165) is 42.9 Å². The fourth-order valence-electron chi connectivity index (χ4n) is 4.72. The minimum atomic E-state index is -4.48. The van der Waals surface area contributed by atoms with Crippen LogP contribution in [0, 0.1) is 0 Å². The van der Waals surface area contributed by atoms with E-state index in [2.05, 4.69) is 25.7 Å². The Balaban J connectivity index is 1.08. The Labute approximate surface area is 197 Å². The van der Waals surface area contributed by atoms with Gasteiger partial charge in [-0.2, -0.15) is 13.2 Å². The maximum Gasteiger partial charge on any atom is 0.416 e. The van der Waals surface area contributed by atoms with Crippen molar-refractivity contribution in [1.82, 2.24) is 20.4 Å². The van der Waals surface area contributed by atoms with Crippen molar-refractivity contribution in [1.29, 1.82) is 0 Å². The molecule has 2 aliphatic rings. The van der Waals surface area contributed by atoms with E-state index in [4.69, 9.17) is 4.52 Å². The molecule has 0 unspecified atom stereocenters. The number of benzene rings is 1. The lowest BCUT2D eigenvalue weighted by molar-refractivity contribution is -0.137. The number of thiazole rings is 1. The fourth-order valence-corrected chi connectivity index (χ4v) is 5.51. The number of nitrogens with zero attached hydrogens (tertiary/aromatic N) is 3. The number of likely N-dealkylation sites (tertiary alicyclic amines) is 1. The zero-order valence-electron chi connectivity index (χ0n) is 18.1. The molecule has 0 bridgehead atoms. The highest BCUT2D eigenvalue weighted by Gasteiger charge is 2.41. The molecule has 12 heteroatoms. The minimum Gasteiger partial charge on any atom is -0.384 e. The first-order chi connectivity index (χ1) is 16.2. The summed E-state index contributed by atoms with van der Waals surface area (Å²) in [4.78, 5) is 19.6. The summed E-state index contributed by atoms with van der Waals surface area (Å²) in [6, 6.07) is 3.49. The van der Waals surface area contributed by atoms with Crippen molar-refractivity contribution in [2.24, 2.45) is 0 Å². The van der Waals surface area contributed by atoms with Crippen LogP contribution >= 0.6 is 11.3 Å². The van der Waals surface area contributed by atoms with Crippen molar-refractivity contribution in [3.05, 3.63) is 40.3 Å². The molecule has 182 valence electrons. The number of amides is 1. The van der Waals surface area contributed by atoms with Gasteiger partial charge >= 0.3 is 6.18 Å². The van der Waals surface area contributed by atoms with Gasteiger partial charge in [-0.25, -0.2) is 0 Å². The maximum atomic E-state index is 13.0. The molecular formula is C22H24F3N5O3S. The average molecular weight is 496 g/mol. The van der Waals surface area contributed by atoms with Gasteiger partial charge in [-0.1, -0.05) is 5.16 Å². The Kier molecular flexibility index (Phi) is 5.98. The number of anilines is 1. The zero-order valence-corrected chi connectivity index (χ0v) is 19.0. The Hall–Kier alpha value is -2.70. The zero-order chi connectivity index (χ0) is 23.9. The molecular weight excluding hydrogens is 471 g/mol. The van der Waals surface area contributed by atoms with Crippen LogP contribution < -0.4 is 10.6 Å². The number of rotatable bonds is 6. The van der Waals surface area contributed by atoms with E-state index < -0.39 is 17.3 Å². The van der Waals surface area contributed by atoms with E-state index >= 15 is 0 Å². The second-order valence-corrected chi connectivity index (χ2v) is 9.83. The Morgan fingerprint density at radius 1 is 1.29 bits per heavy atom. The molecule has 1 saturated heterocycles. The number of hydrogen-bond donors (Lipinski definition) is 3. The molecule has 1 amide bonds. The molecule has 0 spiro atoms. The van der Waals surface area contributed by atoms with E-state index in [9.17, 15) is 23.1 Å². The summed E-state index contributed by atoms with van der Waals surface area (Å²) in [6.45, 7) is 1.34. The van der Waals surface area contributed by atoms with Crippen molar-refractivity contribution in [3.8, 4) is 0 Å². The molecule has 5 rings (SSSR count). The summed E-state index contributed by atoms with van der Waals surface area (Å²) in [6.07, 6.45) is 0.420. The third-order valence-corrected chi connectivity index (χ3v) is 7.64. The van der Waals surface area contributed by atoms with Gasteiger partial charge in [0.2, 0.25) is 5.91 Å². The number of fused-ring (bicyclic) bond motifs is 1. The van der Waals surface area contributed by atoms with E-state index in [0.29, 0.717) is 18.9 Å². The average Bonchev–Trinajstić information content (AvgIpc) is 3.45. The van der Waals surface area contributed by atoms with Gasteiger partial charge in [0.1, 0.15) is 5.60 Å². The van der Waals surface area contributed by atoms with Crippen LogP contribution in [-0.2, 0) is 16.6 Å². The molecule has 2 fully saturated rings. The molecule has 3 heterocycles. The molecule has 3 aromatic rings. The smallest absolute Gasteiger partial charge is 0.384 e. The van der Waals surface area contributed by atoms with E-state index in [1.165, 1.54) is 17.4 Å². The Morgan fingerprint density at radius 2 is 2.06 bits per heavy atom. The van der Waals surface area contributed by atoms with Crippen LogP contribution in [0.3, 0.4) is 0 Å². The molecule has 0 radical (unpaired) electrons. The molecule has 1 aliphatic heterocycles. The van der Waals surface area contributed by atoms with Crippen molar-refractivity contribution >= 4 is 34.0 Å². The summed E-state index contributed by atoms with van der Waals surface area (Å²) in [5.41, 5.74) is 0.356. The number of carbonyl (C=O) groups is 1. The third kappa shape index (κ3) is 4.62. The monoisotopic (exact) mass is 495 g/mol. The molecule has 0 atom stereocenters. The molecule has 1 saturated carbocycles. The van der Waals surface area contributed by atoms with Crippen molar-refractivity contribution in [2.75, 3.05) is 25.0 Å². The SMILES string of the molecule is O=C(CNc1noc2ccc(C(F)(F)F)cc12)NC1CN(C2CCC(O)(c3cncs3)CC2)C1. The minimum absolute atomic E-state index is 0.0162. The molecule has 1 aromatic carbocycles. The van der Waals surface area contributed by atoms with Gasteiger partial charge in [-0.3, -0.25) is 14.7 Å². The van der Waals surface area contributed by atoms with Crippen LogP contribution in [0.15, 0.2) is 34.4 Å². The number of nitrogens with one attached hydrogen (secondary N) is 2. The Bertz CT molecular complexity index is 1150. The third-order valence-electron chi connectivity index (χ3n) is 6.68. The summed E-state index contributed by atoms with van der Waals surface area (Å²) in [7, 11) is 0. The number of alkyl halides is 3. The van der Waals surface area contributed by atoms with Gasteiger partial charge in [0.25, 0.3) is 0 Å². The quantitative estimate of drug-likeness (QED) is 0.482. The molecule has 1 aliphatic carbocycles. The van der Waals surface area contributed by atoms with Crippen molar-refractivity contribution in [2.45, 2.75) is 49.5 Å². The molecule has 34 heavy (non-hydrogen) atoms. The van der Waals surface area contributed by atoms with Gasteiger partial charge in [-0.05, 0) is 43.9 Å². The molecule has 8 nitrogen and oxygen atoms in total. The van der Waals surface area contributed by atoms with Gasteiger partial charge in [0, 0.05) is 25.3 Å².